The standard InChI is InChI=1S/C11H22N4/c1-9(2)5-12-6-11-14-13-8-15(11)7-10(3)4/h8-10,12H,5-7H2,1-4H3. The van der Waals surface area contributed by atoms with Crippen LogP contribution in [0.4, 0.5) is 0 Å². The first kappa shape index (κ1) is 12.2. The lowest BCUT2D eigenvalue weighted by molar-refractivity contribution is 0.484. The Balaban J connectivity index is 2.43. The first-order valence-corrected chi connectivity index (χ1v) is 5.67. The minimum absolute atomic E-state index is 0.629. The molecule has 1 rings (SSSR count). The maximum Gasteiger partial charge on any atom is 0.146 e. The minimum Gasteiger partial charge on any atom is -0.316 e. The van der Waals surface area contributed by atoms with Crippen LogP contribution in [0.1, 0.15) is 33.5 Å². The lowest BCUT2D eigenvalue weighted by Gasteiger charge is -2.10. The van der Waals surface area contributed by atoms with Crippen molar-refractivity contribution in [3.05, 3.63) is 12.2 Å². The molecule has 1 heterocycles. The molecule has 0 aliphatic rings. The summed E-state index contributed by atoms with van der Waals surface area (Å²) in [7, 11) is 0. The van der Waals surface area contributed by atoms with Gasteiger partial charge in [0.05, 0.1) is 6.54 Å². The lowest BCUT2D eigenvalue weighted by atomic mass is 10.2. The number of hydrogen-bond acceptors (Lipinski definition) is 3. The van der Waals surface area contributed by atoms with Crippen molar-refractivity contribution in [1.82, 2.24) is 20.1 Å². The summed E-state index contributed by atoms with van der Waals surface area (Å²) < 4.78 is 2.12. The zero-order valence-electron chi connectivity index (χ0n) is 10.2. The van der Waals surface area contributed by atoms with Crippen molar-refractivity contribution in [3.8, 4) is 0 Å². The van der Waals surface area contributed by atoms with Gasteiger partial charge in [0.25, 0.3) is 0 Å². The van der Waals surface area contributed by atoms with Gasteiger partial charge in [0, 0.05) is 6.54 Å². The van der Waals surface area contributed by atoms with E-state index in [-0.39, 0.29) is 0 Å². The monoisotopic (exact) mass is 210 g/mol. The highest BCUT2D eigenvalue weighted by atomic mass is 15.3. The van der Waals surface area contributed by atoms with Gasteiger partial charge in [0.2, 0.25) is 0 Å². The predicted octanol–water partition coefficient (Wildman–Crippen LogP) is 1.68. The molecule has 0 spiro atoms. The van der Waals surface area contributed by atoms with Gasteiger partial charge in [0.15, 0.2) is 0 Å². The molecule has 0 unspecified atom stereocenters. The quantitative estimate of drug-likeness (QED) is 0.777. The molecule has 1 aromatic rings. The first-order chi connectivity index (χ1) is 7.09. The van der Waals surface area contributed by atoms with Gasteiger partial charge in [-0.2, -0.15) is 0 Å². The SMILES string of the molecule is CC(C)CNCc1nncn1CC(C)C. The normalized spacial score (nSPS) is 11.6. The Morgan fingerprint density at radius 1 is 1.27 bits per heavy atom. The number of nitrogens with zero attached hydrogens (tertiary/aromatic N) is 3. The summed E-state index contributed by atoms with van der Waals surface area (Å²) in [4.78, 5) is 0. The number of hydrogen-bond donors (Lipinski definition) is 1. The Labute approximate surface area is 92.1 Å². The molecule has 1 aromatic heterocycles. The molecule has 0 amide bonds. The zero-order valence-corrected chi connectivity index (χ0v) is 10.2. The van der Waals surface area contributed by atoms with E-state index in [1.165, 1.54) is 0 Å². The van der Waals surface area contributed by atoms with Crippen LogP contribution in [0.15, 0.2) is 6.33 Å². The third-order valence-electron chi connectivity index (χ3n) is 2.09. The molecule has 0 saturated carbocycles. The van der Waals surface area contributed by atoms with Gasteiger partial charge in [-0.3, -0.25) is 0 Å². The Bertz CT molecular complexity index is 278. The molecule has 4 heteroatoms. The van der Waals surface area contributed by atoms with Crippen molar-refractivity contribution in [3.63, 3.8) is 0 Å². The maximum absolute atomic E-state index is 4.12. The number of nitrogens with one attached hydrogen (secondary N) is 1. The first-order valence-electron chi connectivity index (χ1n) is 5.67. The highest BCUT2D eigenvalue weighted by Crippen LogP contribution is 2.02. The van der Waals surface area contributed by atoms with Crippen LogP contribution in [-0.2, 0) is 13.1 Å². The fourth-order valence-electron chi connectivity index (χ4n) is 1.43. The molecule has 0 aliphatic carbocycles. The molecular formula is C11H22N4. The second-order valence-corrected chi connectivity index (χ2v) is 4.82. The van der Waals surface area contributed by atoms with Gasteiger partial charge in [-0.1, -0.05) is 27.7 Å². The van der Waals surface area contributed by atoms with E-state index in [4.69, 9.17) is 0 Å². The summed E-state index contributed by atoms with van der Waals surface area (Å²) in [5, 5.41) is 11.4. The summed E-state index contributed by atoms with van der Waals surface area (Å²) in [6.07, 6.45) is 1.81. The van der Waals surface area contributed by atoms with Crippen molar-refractivity contribution in [1.29, 1.82) is 0 Å². The van der Waals surface area contributed by atoms with Crippen LogP contribution in [0.5, 0.6) is 0 Å². The van der Waals surface area contributed by atoms with Crippen LogP contribution in [0.3, 0.4) is 0 Å². The fraction of sp³-hybridized carbons (Fsp3) is 0.818. The Morgan fingerprint density at radius 2 is 2.00 bits per heavy atom. The smallest absolute Gasteiger partial charge is 0.146 e. The predicted molar refractivity (Wildman–Crippen MR) is 61.4 cm³/mol. The Kier molecular flexibility index (Phi) is 4.75. The average molecular weight is 210 g/mol. The van der Waals surface area contributed by atoms with E-state index in [1.807, 2.05) is 6.33 Å². The third-order valence-corrected chi connectivity index (χ3v) is 2.09. The van der Waals surface area contributed by atoms with Crippen molar-refractivity contribution >= 4 is 0 Å². The molecule has 0 saturated heterocycles. The molecular weight excluding hydrogens is 188 g/mol. The second kappa shape index (κ2) is 5.85. The van der Waals surface area contributed by atoms with Gasteiger partial charge in [-0.25, -0.2) is 0 Å². The molecule has 0 atom stereocenters. The molecule has 4 nitrogen and oxygen atoms in total. The van der Waals surface area contributed by atoms with E-state index in [2.05, 4.69) is 47.8 Å². The van der Waals surface area contributed by atoms with Gasteiger partial charge in [-0.15, -0.1) is 10.2 Å². The molecule has 0 fully saturated rings. The Morgan fingerprint density at radius 3 is 2.60 bits per heavy atom. The van der Waals surface area contributed by atoms with Crippen molar-refractivity contribution < 1.29 is 0 Å². The van der Waals surface area contributed by atoms with Gasteiger partial charge >= 0.3 is 0 Å². The van der Waals surface area contributed by atoms with E-state index in [0.717, 1.165) is 25.5 Å². The molecule has 0 bridgehead atoms. The molecule has 15 heavy (non-hydrogen) atoms. The summed E-state index contributed by atoms with van der Waals surface area (Å²) in [6, 6.07) is 0. The van der Waals surface area contributed by atoms with Crippen LogP contribution >= 0.6 is 0 Å². The molecule has 0 aliphatic heterocycles. The lowest BCUT2D eigenvalue weighted by Crippen LogP contribution is -2.22. The van der Waals surface area contributed by atoms with Crippen molar-refractivity contribution in [2.45, 2.75) is 40.8 Å². The third kappa shape index (κ3) is 4.42. The summed E-state index contributed by atoms with van der Waals surface area (Å²) in [6.45, 7) is 11.6. The molecule has 0 aromatic carbocycles. The summed E-state index contributed by atoms with van der Waals surface area (Å²) >= 11 is 0. The summed E-state index contributed by atoms with van der Waals surface area (Å²) in [5.74, 6) is 2.33. The minimum atomic E-state index is 0.629. The van der Waals surface area contributed by atoms with E-state index in [0.29, 0.717) is 11.8 Å². The van der Waals surface area contributed by atoms with Crippen LogP contribution in [-0.4, -0.2) is 21.3 Å². The van der Waals surface area contributed by atoms with Crippen LogP contribution in [0.2, 0.25) is 0 Å². The van der Waals surface area contributed by atoms with Crippen molar-refractivity contribution in [2.24, 2.45) is 11.8 Å². The Hall–Kier alpha value is -0.900. The fourth-order valence-corrected chi connectivity index (χ4v) is 1.43. The topological polar surface area (TPSA) is 42.7 Å². The highest BCUT2D eigenvalue weighted by Gasteiger charge is 2.05. The highest BCUT2D eigenvalue weighted by molar-refractivity contribution is 4.85. The van der Waals surface area contributed by atoms with Gasteiger partial charge in [-0.05, 0) is 18.4 Å². The van der Waals surface area contributed by atoms with E-state index < -0.39 is 0 Å². The number of rotatable bonds is 6. The molecule has 0 radical (unpaired) electrons. The second-order valence-electron chi connectivity index (χ2n) is 4.82. The summed E-state index contributed by atoms with van der Waals surface area (Å²) in [5.41, 5.74) is 0. The average Bonchev–Trinajstić information content (AvgIpc) is 2.51. The number of aromatic nitrogens is 3. The largest absolute Gasteiger partial charge is 0.316 e. The van der Waals surface area contributed by atoms with Crippen LogP contribution in [0.25, 0.3) is 0 Å². The van der Waals surface area contributed by atoms with E-state index >= 15 is 0 Å². The maximum atomic E-state index is 4.12. The van der Waals surface area contributed by atoms with Gasteiger partial charge in [0.1, 0.15) is 12.2 Å². The van der Waals surface area contributed by atoms with Crippen LogP contribution in [0, 0.1) is 11.8 Å². The van der Waals surface area contributed by atoms with Crippen LogP contribution < -0.4 is 5.32 Å². The molecule has 1 N–H and O–H groups in total. The zero-order chi connectivity index (χ0) is 11.3. The van der Waals surface area contributed by atoms with Crippen molar-refractivity contribution in [2.75, 3.05) is 6.54 Å². The van der Waals surface area contributed by atoms with E-state index in [1.54, 1.807) is 0 Å². The van der Waals surface area contributed by atoms with Gasteiger partial charge < -0.3 is 9.88 Å². The van der Waals surface area contributed by atoms with E-state index in [9.17, 15) is 0 Å². The molecule has 86 valence electrons.